The lowest BCUT2D eigenvalue weighted by Gasteiger charge is -2.27. The van der Waals surface area contributed by atoms with Gasteiger partial charge in [-0.25, -0.2) is 0 Å². The van der Waals surface area contributed by atoms with Crippen molar-refractivity contribution in [2.45, 2.75) is 45.1 Å². The Kier molecular flexibility index (Phi) is 6.13. The van der Waals surface area contributed by atoms with Gasteiger partial charge in [0.25, 0.3) is 0 Å². The van der Waals surface area contributed by atoms with E-state index in [2.05, 4.69) is 40.5 Å². The number of benzene rings is 1. The minimum atomic E-state index is 0.802. The smallest absolute Gasteiger partial charge is 0.193 e. The maximum atomic E-state index is 5.44. The topological polar surface area (TPSA) is 36.9 Å². The monoisotopic (exact) mass is 329 g/mol. The number of nitrogens with zero attached hydrogens (tertiary/aromatic N) is 2. The molecular weight excluding hydrogens is 298 g/mol. The van der Waals surface area contributed by atoms with Crippen LogP contribution in [-0.2, 0) is 24.1 Å². The van der Waals surface area contributed by atoms with Crippen LogP contribution in [0.3, 0.4) is 0 Å². The Balaban J connectivity index is 1.47. The Morgan fingerprint density at radius 2 is 2.04 bits per heavy atom. The van der Waals surface area contributed by atoms with E-state index in [9.17, 15) is 0 Å². The SMILES string of the molecule is CN=C(NCc1ccc2c(c1)CCC2)N(C)CCC1CCOCC1. The molecule has 1 fully saturated rings. The Hall–Kier alpha value is -1.55. The Labute approximate surface area is 146 Å². The summed E-state index contributed by atoms with van der Waals surface area (Å²) in [5.74, 6) is 1.79. The number of guanidine groups is 1. The molecule has 0 aromatic heterocycles. The van der Waals surface area contributed by atoms with Crippen molar-refractivity contribution in [3.63, 3.8) is 0 Å². The summed E-state index contributed by atoms with van der Waals surface area (Å²) < 4.78 is 5.44. The van der Waals surface area contributed by atoms with Gasteiger partial charge in [0.05, 0.1) is 0 Å². The van der Waals surface area contributed by atoms with Crippen molar-refractivity contribution in [1.29, 1.82) is 0 Å². The summed E-state index contributed by atoms with van der Waals surface area (Å²) >= 11 is 0. The van der Waals surface area contributed by atoms with Gasteiger partial charge in [0.2, 0.25) is 0 Å². The van der Waals surface area contributed by atoms with E-state index >= 15 is 0 Å². The first kappa shape index (κ1) is 17.3. The van der Waals surface area contributed by atoms with Crippen LogP contribution in [0.2, 0.25) is 0 Å². The molecule has 1 aromatic carbocycles. The van der Waals surface area contributed by atoms with Gasteiger partial charge in [-0.05, 0) is 61.1 Å². The second kappa shape index (κ2) is 8.52. The van der Waals surface area contributed by atoms with Crippen LogP contribution in [0, 0.1) is 5.92 Å². The predicted octanol–water partition coefficient (Wildman–Crippen LogP) is 3.00. The van der Waals surface area contributed by atoms with E-state index in [-0.39, 0.29) is 0 Å². The lowest BCUT2D eigenvalue weighted by atomic mass is 9.96. The zero-order valence-electron chi connectivity index (χ0n) is 15.2. The van der Waals surface area contributed by atoms with E-state index < -0.39 is 0 Å². The summed E-state index contributed by atoms with van der Waals surface area (Å²) in [6, 6.07) is 6.92. The molecule has 1 aromatic rings. The molecule has 0 bridgehead atoms. The zero-order valence-corrected chi connectivity index (χ0v) is 15.2. The molecule has 2 aliphatic rings. The highest BCUT2D eigenvalue weighted by molar-refractivity contribution is 5.79. The van der Waals surface area contributed by atoms with Gasteiger partial charge in [0.1, 0.15) is 0 Å². The summed E-state index contributed by atoms with van der Waals surface area (Å²) in [5, 5.41) is 3.52. The molecule has 1 heterocycles. The van der Waals surface area contributed by atoms with Gasteiger partial charge in [-0.15, -0.1) is 0 Å². The lowest BCUT2D eigenvalue weighted by Crippen LogP contribution is -2.39. The highest BCUT2D eigenvalue weighted by Gasteiger charge is 2.16. The van der Waals surface area contributed by atoms with Crippen molar-refractivity contribution in [3.8, 4) is 0 Å². The molecule has 1 aliphatic carbocycles. The van der Waals surface area contributed by atoms with Crippen molar-refractivity contribution < 1.29 is 4.74 Å². The molecule has 4 nitrogen and oxygen atoms in total. The molecular formula is C20H31N3O. The number of aryl methyl sites for hydroxylation is 2. The normalized spacial score (nSPS) is 18.5. The lowest BCUT2D eigenvalue weighted by molar-refractivity contribution is 0.0625. The van der Waals surface area contributed by atoms with E-state index in [4.69, 9.17) is 4.74 Å². The van der Waals surface area contributed by atoms with Gasteiger partial charge >= 0.3 is 0 Å². The molecule has 0 saturated carbocycles. The maximum absolute atomic E-state index is 5.44. The van der Waals surface area contributed by atoms with Crippen LogP contribution in [0.4, 0.5) is 0 Å². The van der Waals surface area contributed by atoms with Crippen molar-refractivity contribution in [2.75, 3.05) is 33.9 Å². The van der Waals surface area contributed by atoms with Crippen LogP contribution < -0.4 is 5.32 Å². The maximum Gasteiger partial charge on any atom is 0.193 e. The molecule has 1 aliphatic heterocycles. The molecule has 3 rings (SSSR count). The largest absolute Gasteiger partial charge is 0.381 e. The molecule has 1 N–H and O–H groups in total. The first-order chi connectivity index (χ1) is 11.8. The predicted molar refractivity (Wildman–Crippen MR) is 99.5 cm³/mol. The first-order valence-corrected chi connectivity index (χ1v) is 9.36. The standard InChI is InChI=1S/C20H31N3O/c1-21-20(23(2)11-8-16-9-12-24-13-10-16)22-15-17-6-7-18-4-3-5-19(18)14-17/h6-7,14,16H,3-5,8-13,15H2,1-2H3,(H,21,22). The zero-order chi connectivity index (χ0) is 16.8. The number of nitrogens with one attached hydrogen (secondary N) is 1. The van der Waals surface area contributed by atoms with Gasteiger partial charge in [0.15, 0.2) is 5.96 Å². The molecule has 24 heavy (non-hydrogen) atoms. The van der Waals surface area contributed by atoms with E-state index in [1.54, 1.807) is 0 Å². The highest BCUT2D eigenvalue weighted by atomic mass is 16.5. The highest BCUT2D eigenvalue weighted by Crippen LogP contribution is 2.23. The van der Waals surface area contributed by atoms with Crippen LogP contribution in [0.1, 0.15) is 42.4 Å². The summed E-state index contributed by atoms with van der Waals surface area (Å²) in [6.45, 7) is 3.76. The summed E-state index contributed by atoms with van der Waals surface area (Å²) in [7, 11) is 4.01. The molecule has 132 valence electrons. The number of hydrogen-bond donors (Lipinski definition) is 1. The van der Waals surface area contributed by atoms with E-state index in [1.165, 1.54) is 55.2 Å². The summed E-state index contributed by atoms with van der Waals surface area (Å²) in [4.78, 5) is 6.70. The fourth-order valence-corrected chi connectivity index (χ4v) is 3.82. The Morgan fingerprint density at radius 3 is 2.83 bits per heavy atom. The second-order valence-electron chi connectivity index (χ2n) is 7.12. The molecule has 4 heteroatoms. The van der Waals surface area contributed by atoms with Crippen LogP contribution in [0.5, 0.6) is 0 Å². The third kappa shape index (κ3) is 4.50. The van der Waals surface area contributed by atoms with Gasteiger partial charge in [-0.1, -0.05) is 18.2 Å². The van der Waals surface area contributed by atoms with E-state index in [0.717, 1.165) is 38.2 Å². The van der Waals surface area contributed by atoms with Crippen molar-refractivity contribution in [1.82, 2.24) is 10.2 Å². The van der Waals surface area contributed by atoms with Crippen molar-refractivity contribution >= 4 is 5.96 Å². The summed E-state index contributed by atoms with van der Waals surface area (Å²) in [6.07, 6.45) is 7.43. The van der Waals surface area contributed by atoms with E-state index in [1.807, 2.05) is 7.05 Å². The third-order valence-electron chi connectivity index (χ3n) is 5.40. The Bertz CT molecular complexity index is 564. The molecule has 0 radical (unpaired) electrons. The van der Waals surface area contributed by atoms with Gasteiger partial charge in [0, 0.05) is 40.4 Å². The molecule has 0 atom stereocenters. The fourth-order valence-electron chi connectivity index (χ4n) is 3.82. The number of aliphatic imine (C=N–C) groups is 1. The van der Waals surface area contributed by atoms with Crippen molar-refractivity contribution in [3.05, 3.63) is 34.9 Å². The second-order valence-corrected chi connectivity index (χ2v) is 7.12. The molecule has 1 saturated heterocycles. The molecule has 0 spiro atoms. The summed E-state index contributed by atoms with van der Waals surface area (Å²) in [5.41, 5.74) is 4.43. The van der Waals surface area contributed by atoms with Gasteiger partial charge in [-0.3, -0.25) is 4.99 Å². The van der Waals surface area contributed by atoms with Crippen LogP contribution in [-0.4, -0.2) is 44.7 Å². The average Bonchev–Trinajstić information content (AvgIpc) is 3.09. The Morgan fingerprint density at radius 1 is 1.25 bits per heavy atom. The molecule has 0 unspecified atom stereocenters. The number of ether oxygens (including phenoxy) is 1. The molecule has 0 amide bonds. The van der Waals surface area contributed by atoms with Crippen LogP contribution in [0.15, 0.2) is 23.2 Å². The first-order valence-electron chi connectivity index (χ1n) is 9.36. The minimum absolute atomic E-state index is 0.802. The van der Waals surface area contributed by atoms with Crippen LogP contribution >= 0.6 is 0 Å². The van der Waals surface area contributed by atoms with Gasteiger partial charge in [-0.2, -0.15) is 0 Å². The fraction of sp³-hybridized carbons (Fsp3) is 0.650. The number of hydrogen-bond acceptors (Lipinski definition) is 2. The van der Waals surface area contributed by atoms with Crippen LogP contribution in [0.25, 0.3) is 0 Å². The average molecular weight is 329 g/mol. The van der Waals surface area contributed by atoms with E-state index in [0.29, 0.717) is 0 Å². The number of rotatable bonds is 5. The van der Waals surface area contributed by atoms with Gasteiger partial charge < -0.3 is 15.0 Å². The van der Waals surface area contributed by atoms with Crippen molar-refractivity contribution in [2.24, 2.45) is 10.9 Å². The quantitative estimate of drug-likeness (QED) is 0.666. The minimum Gasteiger partial charge on any atom is -0.381 e. The third-order valence-corrected chi connectivity index (χ3v) is 5.40. The number of fused-ring (bicyclic) bond motifs is 1.